The van der Waals surface area contributed by atoms with Crippen molar-refractivity contribution >= 4 is 27.5 Å². The fraction of sp³-hybridized carbons (Fsp3) is 0.143. The van der Waals surface area contributed by atoms with Gasteiger partial charge in [-0.25, -0.2) is 8.78 Å². The normalized spacial score (nSPS) is 12.5. The maximum atomic E-state index is 13.1. The van der Waals surface area contributed by atoms with Crippen LogP contribution in [0.5, 0.6) is 0 Å². The monoisotopic (exact) mass is 346 g/mol. The molecule has 0 radical (unpaired) electrons. The number of hydrogen-bond donors (Lipinski definition) is 1. The first kappa shape index (κ1) is 14.4. The standard InChI is InChI=1S/C14H10BrClF2O/c15-9-2-3-10(11(16)7-9)14(19)6-8-1-4-12(17)13(18)5-8/h1-5,7,14,19H,6H2. The van der Waals surface area contributed by atoms with Crippen molar-refractivity contribution < 1.29 is 13.9 Å². The van der Waals surface area contributed by atoms with Crippen LogP contribution in [0.1, 0.15) is 17.2 Å². The van der Waals surface area contributed by atoms with Gasteiger partial charge < -0.3 is 5.11 Å². The van der Waals surface area contributed by atoms with Gasteiger partial charge >= 0.3 is 0 Å². The van der Waals surface area contributed by atoms with Crippen LogP contribution in [0.25, 0.3) is 0 Å². The number of aliphatic hydroxyl groups excluding tert-OH is 1. The average Bonchev–Trinajstić information content (AvgIpc) is 2.33. The average molecular weight is 348 g/mol. The van der Waals surface area contributed by atoms with Crippen molar-refractivity contribution in [2.24, 2.45) is 0 Å². The summed E-state index contributed by atoms with van der Waals surface area (Å²) in [5, 5.41) is 10.5. The maximum Gasteiger partial charge on any atom is 0.159 e. The van der Waals surface area contributed by atoms with Crippen LogP contribution in [-0.4, -0.2) is 5.11 Å². The lowest BCUT2D eigenvalue weighted by Crippen LogP contribution is -2.03. The molecule has 0 aromatic heterocycles. The summed E-state index contributed by atoms with van der Waals surface area (Å²) >= 11 is 9.30. The molecule has 2 rings (SSSR count). The second-order valence-electron chi connectivity index (χ2n) is 4.13. The zero-order valence-corrected chi connectivity index (χ0v) is 12.0. The molecule has 0 aliphatic heterocycles. The topological polar surface area (TPSA) is 20.2 Å². The van der Waals surface area contributed by atoms with E-state index < -0.39 is 17.7 Å². The molecule has 0 saturated carbocycles. The number of halogens is 4. The molecular weight excluding hydrogens is 338 g/mol. The summed E-state index contributed by atoms with van der Waals surface area (Å²) in [7, 11) is 0. The van der Waals surface area contributed by atoms with Gasteiger partial charge in [0, 0.05) is 15.9 Å². The third kappa shape index (κ3) is 3.53. The molecule has 2 aromatic rings. The SMILES string of the molecule is OC(Cc1ccc(F)c(F)c1)c1ccc(Br)cc1Cl. The predicted molar refractivity (Wildman–Crippen MR) is 74.2 cm³/mol. The molecule has 2 aromatic carbocycles. The smallest absolute Gasteiger partial charge is 0.159 e. The van der Waals surface area contributed by atoms with Gasteiger partial charge in [0.25, 0.3) is 0 Å². The third-order valence-corrected chi connectivity index (χ3v) is 3.56. The van der Waals surface area contributed by atoms with Crippen LogP contribution in [0.4, 0.5) is 8.78 Å². The Balaban J connectivity index is 2.20. The summed E-state index contributed by atoms with van der Waals surface area (Å²) in [6.45, 7) is 0. The summed E-state index contributed by atoms with van der Waals surface area (Å²) in [6.07, 6.45) is -0.705. The van der Waals surface area contributed by atoms with E-state index in [9.17, 15) is 13.9 Å². The molecule has 1 unspecified atom stereocenters. The molecule has 0 amide bonds. The van der Waals surface area contributed by atoms with E-state index in [1.54, 1.807) is 18.2 Å². The van der Waals surface area contributed by atoms with Crippen LogP contribution >= 0.6 is 27.5 Å². The van der Waals surface area contributed by atoms with Gasteiger partial charge in [-0.3, -0.25) is 0 Å². The quantitative estimate of drug-likeness (QED) is 0.856. The molecule has 100 valence electrons. The number of aliphatic hydroxyl groups is 1. The van der Waals surface area contributed by atoms with Crippen molar-refractivity contribution in [3.05, 3.63) is 68.7 Å². The van der Waals surface area contributed by atoms with Crippen LogP contribution in [0.3, 0.4) is 0 Å². The molecule has 0 spiro atoms. The summed E-state index contributed by atoms with van der Waals surface area (Å²) in [4.78, 5) is 0. The summed E-state index contributed by atoms with van der Waals surface area (Å²) in [6, 6.07) is 8.68. The Labute approximate surface area is 123 Å². The zero-order chi connectivity index (χ0) is 14.0. The summed E-state index contributed by atoms with van der Waals surface area (Å²) < 4.78 is 26.7. The van der Waals surface area contributed by atoms with Crippen LogP contribution < -0.4 is 0 Å². The molecule has 19 heavy (non-hydrogen) atoms. The largest absolute Gasteiger partial charge is 0.388 e. The Bertz CT molecular complexity index is 604. The highest BCUT2D eigenvalue weighted by Crippen LogP contribution is 2.28. The number of hydrogen-bond acceptors (Lipinski definition) is 1. The maximum absolute atomic E-state index is 13.1. The number of rotatable bonds is 3. The van der Waals surface area contributed by atoms with Crippen molar-refractivity contribution in [2.45, 2.75) is 12.5 Å². The van der Waals surface area contributed by atoms with Crippen LogP contribution in [0, 0.1) is 11.6 Å². The highest BCUT2D eigenvalue weighted by molar-refractivity contribution is 9.10. The van der Waals surface area contributed by atoms with E-state index in [0.29, 0.717) is 16.1 Å². The Morgan fingerprint density at radius 3 is 2.47 bits per heavy atom. The molecule has 1 nitrogen and oxygen atoms in total. The highest BCUT2D eigenvalue weighted by Gasteiger charge is 2.13. The minimum Gasteiger partial charge on any atom is -0.388 e. The molecular formula is C14H10BrClF2O. The van der Waals surface area contributed by atoms with E-state index in [1.807, 2.05) is 0 Å². The Hall–Kier alpha value is -0.970. The van der Waals surface area contributed by atoms with Gasteiger partial charge in [-0.2, -0.15) is 0 Å². The number of benzene rings is 2. The van der Waals surface area contributed by atoms with Gasteiger partial charge in [0.15, 0.2) is 11.6 Å². The lowest BCUT2D eigenvalue weighted by Gasteiger charge is -2.13. The second-order valence-corrected chi connectivity index (χ2v) is 5.46. The van der Waals surface area contributed by atoms with Gasteiger partial charge in [-0.1, -0.05) is 39.7 Å². The first-order valence-corrected chi connectivity index (χ1v) is 6.71. The first-order valence-electron chi connectivity index (χ1n) is 5.54. The van der Waals surface area contributed by atoms with Gasteiger partial charge in [0.2, 0.25) is 0 Å². The summed E-state index contributed by atoms with van der Waals surface area (Å²) in [5.41, 5.74) is 1.06. The van der Waals surface area contributed by atoms with E-state index in [4.69, 9.17) is 11.6 Å². The second kappa shape index (κ2) is 5.99. The van der Waals surface area contributed by atoms with Gasteiger partial charge in [-0.15, -0.1) is 0 Å². The molecule has 0 aliphatic carbocycles. The van der Waals surface area contributed by atoms with Gasteiger partial charge in [-0.05, 0) is 35.4 Å². The first-order chi connectivity index (χ1) is 8.97. The lowest BCUT2D eigenvalue weighted by atomic mass is 10.0. The molecule has 0 bridgehead atoms. The third-order valence-electron chi connectivity index (χ3n) is 2.73. The van der Waals surface area contributed by atoms with Crippen molar-refractivity contribution in [1.29, 1.82) is 0 Å². The zero-order valence-electron chi connectivity index (χ0n) is 9.71. The highest BCUT2D eigenvalue weighted by atomic mass is 79.9. The fourth-order valence-electron chi connectivity index (χ4n) is 1.77. The van der Waals surface area contributed by atoms with E-state index in [-0.39, 0.29) is 6.42 Å². The molecule has 1 atom stereocenters. The van der Waals surface area contributed by atoms with Crippen LogP contribution in [0.15, 0.2) is 40.9 Å². The van der Waals surface area contributed by atoms with Crippen molar-refractivity contribution in [3.8, 4) is 0 Å². The minimum absolute atomic E-state index is 0.165. The molecule has 0 heterocycles. The minimum atomic E-state index is -0.924. The molecule has 5 heteroatoms. The molecule has 0 fully saturated rings. The van der Waals surface area contributed by atoms with Crippen molar-refractivity contribution in [1.82, 2.24) is 0 Å². The van der Waals surface area contributed by atoms with E-state index in [1.165, 1.54) is 6.07 Å². The van der Waals surface area contributed by atoms with E-state index >= 15 is 0 Å². The Morgan fingerprint density at radius 1 is 1.11 bits per heavy atom. The van der Waals surface area contributed by atoms with E-state index in [0.717, 1.165) is 16.6 Å². The Kier molecular flexibility index (Phi) is 4.55. The van der Waals surface area contributed by atoms with Gasteiger partial charge in [0.1, 0.15) is 0 Å². The van der Waals surface area contributed by atoms with Crippen molar-refractivity contribution in [2.75, 3.05) is 0 Å². The van der Waals surface area contributed by atoms with Gasteiger partial charge in [0.05, 0.1) is 6.10 Å². The van der Waals surface area contributed by atoms with Crippen LogP contribution in [-0.2, 0) is 6.42 Å². The van der Waals surface area contributed by atoms with Crippen molar-refractivity contribution in [3.63, 3.8) is 0 Å². The molecule has 0 saturated heterocycles. The lowest BCUT2D eigenvalue weighted by molar-refractivity contribution is 0.178. The Morgan fingerprint density at radius 2 is 1.84 bits per heavy atom. The fourth-order valence-corrected chi connectivity index (χ4v) is 2.57. The molecule has 1 N–H and O–H groups in total. The summed E-state index contributed by atoms with van der Waals surface area (Å²) in [5.74, 6) is -1.83. The van der Waals surface area contributed by atoms with E-state index in [2.05, 4.69) is 15.9 Å². The van der Waals surface area contributed by atoms with Crippen LogP contribution in [0.2, 0.25) is 5.02 Å². The molecule has 0 aliphatic rings. The predicted octanol–water partition coefficient (Wildman–Crippen LogP) is 4.66.